The molecule has 146 valence electrons. The summed E-state index contributed by atoms with van der Waals surface area (Å²) in [5, 5.41) is 5.09. The monoisotopic (exact) mass is 419 g/mol. The van der Waals surface area contributed by atoms with E-state index in [0.717, 1.165) is 0 Å². The Morgan fingerprint density at radius 2 is 1.96 bits per heavy atom. The van der Waals surface area contributed by atoms with Gasteiger partial charge in [0.2, 0.25) is 0 Å². The third kappa shape index (κ3) is 4.46. The van der Waals surface area contributed by atoms with Crippen LogP contribution in [0.2, 0.25) is 10.0 Å². The second kappa shape index (κ2) is 8.63. The summed E-state index contributed by atoms with van der Waals surface area (Å²) >= 11 is 12.3. The molecule has 0 unspecified atom stereocenters. The third-order valence-corrected chi connectivity index (χ3v) is 4.36. The molecule has 0 fully saturated rings. The molecule has 0 saturated carbocycles. The first-order valence-corrected chi connectivity index (χ1v) is 9.38. The maximum atomic E-state index is 13.1. The Kier molecular flexibility index (Phi) is 6.21. The molecule has 28 heavy (non-hydrogen) atoms. The summed E-state index contributed by atoms with van der Waals surface area (Å²) < 4.78 is 12.0. The van der Waals surface area contributed by atoms with Crippen molar-refractivity contribution in [3.8, 4) is 23.1 Å². The molecule has 0 saturated heterocycles. The van der Waals surface area contributed by atoms with E-state index in [1.807, 2.05) is 13.8 Å². The molecule has 0 N–H and O–H groups in total. The number of carbonyl (C=O) groups is 1. The molecule has 0 atom stereocenters. The first-order chi connectivity index (χ1) is 13.4. The molecule has 0 aliphatic heterocycles. The molecule has 0 bridgehead atoms. The van der Waals surface area contributed by atoms with E-state index < -0.39 is 0 Å². The minimum Gasteiger partial charge on any atom is -0.497 e. The fourth-order valence-electron chi connectivity index (χ4n) is 2.46. The zero-order chi connectivity index (χ0) is 20.3. The largest absolute Gasteiger partial charge is 0.497 e. The lowest BCUT2D eigenvalue weighted by Crippen LogP contribution is -2.15. The molecular formula is C20H19Cl2N3O3. The van der Waals surface area contributed by atoms with E-state index in [1.165, 1.54) is 11.8 Å². The van der Waals surface area contributed by atoms with Crippen molar-refractivity contribution in [3.63, 3.8) is 0 Å². The first kappa shape index (κ1) is 20.2. The molecule has 2 aromatic carbocycles. The van der Waals surface area contributed by atoms with Gasteiger partial charge in [0.1, 0.15) is 5.75 Å². The van der Waals surface area contributed by atoms with Crippen molar-refractivity contribution < 1.29 is 14.3 Å². The lowest BCUT2D eigenvalue weighted by Gasteiger charge is -2.07. The van der Waals surface area contributed by atoms with Crippen LogP contribution in [0, 0.1) is 5.92 Å². The number of hydrogen-bond acceptors (Lipinski definition) is 5. The summed E-state index contributed by atoms with van der Waals surface area (Å²) in [7, 11) is 1.54. The van der Waals surface area contributed by atoms with Crippen molar-refractivity contribution >= 4 is 29.1 Å². The van der Waals surface area contributed by atoms with Crippen molar-refractivity contribution in [2.45, 2.75) is 13.8 Å². The predicted molar refractivity (Wildman–Crippen MR) is 109 cm³/mol. The van der Waals surface area contributed by atoms with Crippen LogP contribution in [-0.4, -0.2) is 34.4 Å². The van der Waals surface area contributed by atoms with Crippen LogP contribution < -0.4 is 9.47 Å². The summed E-state index contributed by atoms with van der Waals surface area (Å²) in [5.74, 6) is 0.733. The van der Waals surface area contributed by atoms with E-state index in [4.69, 9.17) is 32.7 Å². The summed E-state index contributed by atoms with van der Waals surface area (Å²) in [6.07, 6.45) is 0. The van der Waals surface area contributed by atoms with Crippen LogP contribution in [0.15, 0.2) is 42.5 Å². The quantitative estimate of drug-likeness (QED) is 0.563. The number of hydrogen-bond donors (Lipinski definition) is 0. The fourth-order valence-corrected chi connectivity index (χ4v) is 2.95. The Morgan fingerprint density at radius 1 is 1.18 bits per heavy atom. The molecule has 3 rings (SSSR count). The van der Waals surface area contributed by atoms with E-state index >= 15 is 0 Å². The zero-order valence-electron chi connectivity index (χ0n) is 15.6. The van der Waals surface area contributed by atoms with Crippen LogP contribution in [0.1, 0.15) is 24.2 Å². The number of ether oxygens (including phenoxy) is 2. The molecular weight excluding hydrogens is 401 g/mol. The highest BCUT2D eigenvalue weighted by atomic mass is 35.5. The van der Waals surface area contributed by atoms with Gasteiger partial charge in [0.15, 0.2) is 5.82 Å². The maximum Gasteiger partial charge on any atom is 0.336 e. The standard InChI is InChI=1S/C20H19Cl2N3O3/c1-12(2)11-28-20-23-18(16-8-7-14(21)10-17(16)22)25(24-20)19(26)13-5-4-6-15(9-13)27-3/h4-10,12H,11H2,1-3H3. The SMILES string of the molecule is COc1cccc(C(=O)n2nc(OCC(C)C)nc2-c2ccc(Cl)cc2Cl)c1. The molecule has 0 aliphatic rings. The molecule has 3 aromatic rings. The molecule has 0 amide bonds. The van der Waals surface area contributed by atoms with Crippen molar-refractivity contribution in [1.82, 2.24) is 14.8 Å². The van der Waals surface area contributed by atoms with Gasteiger partial charge in [0, 0.05) is 16.1 Å². The lowest BCUT2D eigenvalue weighted by atomic mass is 10.2. The summed E-state index contributed by atoms with van der Waals surface area (Å²) in [4.78, 5) is 17.5. The average molecular weight is 420 g/mol. The lowest BCUT2D eigenvalue weighted by molar-refractivity contribution is 0.0944. The molecule has 0 radical (unpaired) electrons. The summed E-state index contributed by atoms with van der Waals surface area (Å²) in [6, 6.07) is 11.8. The zero-order valence-corrected chi connectivity index (χ0v) is 17.2. The van der Waals surface area contributed by atoms with Crippen molar-refractivity contribution in [2.75, 3.05) is 13.7 Å². The Bertz CT molecular complexity index is 1000. The Labute approximate surface area is 173 Å². The topological polar surface area (TPSA) is 66.2 Å². The van der Waals surface area contributed by atoms with E-state index in [2.05, 4.69) is 10.1 Å². The second-order valence-corrected chi connectivity index (χ2v) is 7.34. The summed E-state index contributed by atoms with van der Waals surface area (Å²) in [5.41, 5.74) is 0.917. The normalized spacial score (nSPS) is 10.9. The molecule has 1 aromatic heterocycles. The molecule has 6 nitrogen and oxygen atoms in total. The highest BCUT2D eigenvalue weighted by Crippen LogP contribution is 2.31. The predicted octanol–water partition coefficient (Wildman–Crippen LogP) is 4.98. The van der Waals surface area contributed by atoms with Crippen LogP contribution >= 0.6 is 23.2 Å². The van der Waals surface area contributed by atoms with Gasteiger partial charge in [-0.15, -0.1) is 5.10 Å². The molecule has 1 heterocycles. The number of methoxy groups -OCH3 is 1. The third-order valence-electron chi connectivity index (χ3n) is 3.81. The maximum absolute atomic E-state index is 13.1. The van der Waals surface area contributed by atoms with Crippen molar-refractivity contribution in [2.24, 2.45) is 5.92 Å². The van der Waals surface area contributed by atoms with Gasteiger partial charge in [0.25, 0.3) is 5.91 Å². The van der Waals surface area contributed by atoms with Crippen LogP contribution in [0.25, 0.3) is 11.4 Å². The van der Waals surface area contributed by atoms with Gasteiger partial charge in [-0.3, -0.25) is 4.79 Å². The van der Waals surface area contributed by atoms with Crippen molar-refractivity contribution in [3.05, 3.63) is 58.1 Å². The van der Waals surface area contributed by atoms with Gasteiger partial charge in [-0.1, -0.05) is 43.1 Å². The number of aromatic nitrogens is 3. The number of benzene rings is 2. The van der Waals surface area contributed by atoms with Gasteiger partial charge in [0.05, 0.1) is 18.7 Å². The van der Waals surface area contributed by atoms with E-state index in [9.17, 15) is 4.79 Å². The number of rotatable bonds is 6. The van der Waals surface area contributed by atoms with Crippen LogP contribution in [-0.2, 0) is 0 Å². The van der Waals surface area contributed by atoms with E-state index in [0.29, 0.717) is 33.5 Å². The fraction of sp³-hybridized carbons (Fsp3) is 0.250. The Balaban J connectivity index is 2.08. The van der Waals surface area contributed by atoms with E-state index in [-0.39, 0.29) is 23.7 Å². The van der Waals surface area contributed by atoms with Gasteiger partial charge in [-0.2, -0.15) is 9.67 Å². The summed E-state index contributed by atoms with van der Waals surface area (Å²) in [6.45, 7) is 4.44. The number of halogens is 2. The Hall–Kier alpha value is -2.57. The minimum absolute atomic E-state index is 0.103. The smallest absolute Gasteiger partial charge is 0.336 e. The second-order valence-electron chi connectivity index (χ2n) is 6.50. The van der Waals surface area contributed by atoms with Gasteiger partial charge < -0.3 is 9.47 Å². The highest BCUT2D eigenvalue weighted by molar-refractivity contribution is 6.36. The van der Waals surface area contributed by atoms with Crippen molar-refractivity contribution in [1.29, 1.82) is 0 Å². The highest BCUT2D eigenvalue weighted by Gasteiger charge is 2.22. The average Bonchev–Trinajstić information content (AvgIpc) is 3.09. The molecule has 8 heteroatoms. The van der Waals surface area contributed by atoms with Crippen LogP contribution in [0.4, 0.5) is 0 Å². The number of nitrogens with zero attached hydrogens (tertiary/aromatic N) is 3. The number of carbonyl (C=O) groups excluding carboxylic acids is 1. The van der Waals surface area contributed by atoms with E-state index in [1.54, 1.807) is 42.5 Å². The van der Waals surface area contributed by atoms with Crippen LogP contribution in [0.5, 0.6) is 11.8 Å². The van der Waals surface area contributed by atoms with Gasteiger partial charge in [-0.25, -0.2) is 0 Å². The molecule has 0 spiro atoms. The van der Waals surface area contributed by atoms with Gasteiger partial charge >= 0.3 is 6.01 Å². The first-order valence-electron chi connectivity index (χ1n) is 8.63. The van der Waals surface area contributed by atoms with Gasteiger partial charge in [-0.05, 0) is 42.3 Å². The minimum atomic E-state index is -0.383. The van der Waals surface area contributed by atoms with Crippen LogP contribution in [0.3, 0.4) is 0 Å². The molecule has 0 aliphatic carbocycles. The Morgan fingerprint density at radius 3 is 2.64 bits per heavy atom.